The molecule has 0 aromatic heterocycles. The van der Waals surface area contributed by atoms with Gasteiger partial charge in [-0.15, -0.1) is 0 Å². The molecule has 4 nitrogen and oxygen atoms in total. The molecule has 0 unspecified atom stereocenters. The molecule has 0 amide bonds. The minimum Gasteiger partial charge on any atom is -0.454 e. The Kier molecular flexibility index (Phi) is 5.87. The third-order valence-corrected chi connectivity index (χ3v) is 4.47. The van der Waals surface area contributed by atoms with Gasteiger partial charge in [0.15, 0.2) is 0 Å². The van der Waals surface area contributed by atoms with Crippen LogP contribution in [0.5, 0.6) is 0 Å². The summed E-state index contributed by atoms with van der Waals surface area (Å²) in [4.78, 5) is 24.3. The molecule has 138 valence electrons. The minimum absolute atomic E-state index is 0.396. The van der Waals surface area contributed by atoms with E-state index >= 15 is 0 Å². The fraction of sp³-hybridized carbons (Fsp3) is 0.217. The molecule has 0 saturated carbocycles. The lowest BCUT2D eigenvalue weighted by molar-refractivity contribution is -0.169. The van der Waals surface area contributed by atoms with Crippen molar-refractivity contribution in [2.75, 3.05) is 0 Å². The fourth-order valence-electron chi connectivity index (χ4n) is 3.17. The summed E-state index contributed by atoms with van der Waals surface area (Å²) >= 11 is 0. The Bertz CT molecular complexity index is 852. The standard InChI is InChI=1S/C23H22O4/c1-16(18-10-5-3-6-11-18)20-14-9-15-21(20)27-23(25)22(26-17(2)24)19-12-7-4-8-13-19/h3-8,10-14,21-22H,1,9,15H2,2H3/t21-,22+/m0/s1. The lowest BCUT2D eigenvalue weighted by Gasteiger charge is -2.22. The molecule has 2 aromatic rings. The number of hydrogen-bond acceptors (Lipinski definition) is 4. The van der Waals surface area contributed by atoms with E-state index in [1.807, 2.05) is 36.4 Å². The van der Waals surface area contributed by atoms with Crippen LogP contribution in [0.1, 0.15) is 37.0 Å². The van der Waals surface area contributed by atoms with Gasteiger partial charge in [0.2, 0.25) is 6.10 Å². The second kappa shape index (κ2) is 8.49. The average Bonchev–Trinajstić information content (AvgIpc) is 3.14. The fourth-order valence-corrected chi connectivity index (χ4v) is 3.17. The van der Waals surface area contributed by atoms with E-state index in [0.717, 1.165) is 23.1 Å². The molecule has 2 atom stereocenters. The first-order valence-electron chi connectivity index (χ1n) is 8.93. The molecule has 0 bridgehead atoms. The van der Waals surface area contributed by atoms with Gasteiger partial charge in [-0.25, -0.2) is 4.79 Å². The predicted molar refractivity (Wildman–Crippen MR) is 104 cm³/mol. The van der Waals surface area contributed by atoms with Gasteiger partial charge in [0.25, 0.3) is 0 Å². The van der Waals surface area contributed by atoms with Crippen molar-refractivity contribution >= 4 is 17.5 Å². The number of rotatable bonds is 6. The normalized spacial score (nSPS) is 16.9. The maximum absolute atomic E-state index is 12.8. The van der Waals surface area contributed by atoms with E-state index in [2.05, 4.69) is 12.7 Å². The van der Waals surface area contributed by atoms with Crippen LogP contribution in [0.3, 0.4) is 0 Å². The molecule has 0 saturated heterocycles. The molecule has 4 heteroatoms. The smallest absolute Gasteiger partial charge is 0.352 e. The minimum atomic E-state index is -1.07. The molecule has 27 heavy (non-hydrogen) atoms. The van der Waals surface area contributed by atoms with Crippen LogP contribution in [0.25, 0.3) is 5.57 Å². The van der Waals surface area contributed by atoms with Crippen LogP contribution in [0.4, 0.5) is 0 Å². The molecule has 0 heterocycles. The van der Waals surface area contributed by atoms with Gasteiger partial charge in [0.1, 0.15) is 6.10 Å². The van der Waals surface area contributed by atoms with Crippen LogP contribution < -0.4 is 0 Å². The summed E-state index contributed by atoms with van der Waals surface area (Å²) in [5, 5.41) is 0. The molecule has 1 aliphatic carbocycles. The number of esters is 2. The number of hydrogen-bond donors (Lipinski definition) is 0. The maximum Gasteiger partial charge on any atom is 0.352 e. The van der Waals surface area contributed by atoms with Gasteiger partial charge in [-0.05, 0) is 29.6 Å². The summed E-state index contributed by atoms with van der Waals surface area (Å²) in [5.41, 5.74) is 3.33. The molecule has 0 N–H and O–H groups in total. The van der Waals surface area contributed by atoms with E-state index in [9.17, 15) is 9.59 Å². The van der Waals surface area contributed by atoms with Gasteiger partial charge >= 0.3 is 11.9 Å². The van der Waals surface area contributed by atoms with Crippen LogP contribution in [0.15, 0.2) is 78.9 Å². The Morgan fingerprint density at radius 3 is 2.30 bits per heavy atom. The molecular formula is C23H22O4. The summed E-state index contributed by atoms with van der Waals surface area (Å²) in [6, 6.07) is 18.7. The topological polar surface area (TPSA) is 52.6 Å². The maximum atomic E-state index is 12.8. The highest BCUT2D eigenvalue weighted by molar-refractivity contribution is 5.83. The third kappa shape index (κ3) is 4.53. The highest BCUT2D eigenvalue weighted by Crippen LogP contribution is 2.34. The van der Waals surface area contributed by atoms with Gasteiger partial charge in [-0.1, -0.05) is 73.3 Å². The SMILES string of the molecule is C=C(C1=CCC[C@@H]1OC(=O)[C@H](OC(C)=O)c1ccccc1)c1ccccc1. The molecule has 0 fully saturated rings. The van der Waals surface area contributed by atoms with Crippen molar-refractivity contribution in [2.45, 2.75) is 32.0 Å². The average molecular weight is 362 g/mol. The van der Waals surface area contributed by atoms with Crippen molar-refractivity contribution in [3.05, 3.63) is 90.0 Å². The van der Waals surface area contributed by atoms with Gasteiger partial charge in [0.05, 0.1) is 0 Å². The number of carbonyl (C=O) groups is 2. The van der Waals surface area contributed by atoms with Crippen molar-refractivity contribution in [2.24, 2.45) is 0 Å². The Morgan fingerprint density at radius 1 is 1.04 bits per heavy atom. The summed E-state index contributed by atoms with van der Waals surface area (Å²) in [6.45, 7) is 5.45. The number of benzene rings is 2. The van der Waals surface area contributed by atoms with Crippen molar-refractivity contribution < 1.29 is 19.1 Å². The number of carbonyl (C=O) groups excluding carboxylic acids is 2. The Hall–Kier alpha value is -3.14. The van der Waals surface area contributed by atoms with Crippen molar-refractivity contribution in [3.8, 4) is 0 Å². The molecule has 0 spiro atoms. The highest BCUT2D eigenvalue weighted by atomic mass is 16.6. The van der Waals surface area contributed by atoms with Gasteiger partial charge in [0, 0.05) is 12.5 Å². The van der Waals surface area contributed by atoms with Crippen LogP contribution in [-0.2, 0) is 19.1 Å². The third-order valence-electron chi connectivity index (χ3n) is 4.47. The molecule has 0 radical (unpaired) electrons. The van der Waals surface area contributed by atoms with Crippen molar-refractivity contribution in [1.29, 1.82) is 0 Å². The largest absolute Gasteiger partial charge is 0.454 e. The molecular weight excluding hydrogens is 340 g/mol. The summed E-state index contributed by atoms with van der Waals surface area (Å²) in [7, 11) is 0. The monoisotopic (exact) mass is 362 g/mol. The number of ether oxygens (including phenoxy) is 2. The Morgan fingerprint density at radius 2 is 1.67 bits per heavy atom. The molecule has 3 rings (SSSR count). The quantitative estimate of drug-likeness (QED) is 0.703. The molecule has 1 aliphatic rings. The van der Waals surface area contributed by atoms with Crippen LogP contribution >= 0.6 is 0 Å². The first-order chi connectivity index (χ1) is 13.1. The van der Waals surface area contributed by atoms with E-state index in [-0.39, 0.29) is 0 Å². The highest BCUT2D eigenvalue weighted by Gasteiger charge is 2.31. The Balaban J connectivity index is 1.76. The van der Waals surface area contributed by atoms with E-state index < -0.39 is 24.1 Å². The van der Waals surface area contributed by atoms with Crippen molar-refractivity contribution in [1.82, 2.24) is 0 Å². The summed E-state index contributed by atoms with van der Waals surface area (Å²) in [5.74, 6) is -1.10. The Labute approximate surface area is 159 Å². The lowest BCUT2D eigenvalue weighted by Crippen LogP contribution is -2.26. The first-order valence-corrected chi connectivity index (χ1v) is 8.93. The summed E-state index contributed by atoms with van der Waals surface area (Å²) in [6.07, 6.45) is 2.08. The van der Waals surface area contributed by atoms with Gasteiger partial charge < -0.3 is 9.47 Å². The lowest BCUT2D eigenvalue weighted by atomic mass is 9.97. The molecule has 0 aliphatic heterocycles. The van der Waals surface area contributed by atoms with Gasteiger partial charge in [-0.3, -0.25) is 4.79 Å². The van der Waals surface area contributed by atoms with E-state index in [1.165, 1.54) is 6.92 Å². The van der Waals surface area contributed by atoms with Crippen LogP contribution in [0, 0.1) is 0 Å². The zero-order chi connectivity index (χ0) is 19.2. The van der Waals surface area contributed by atoms with Crippen LogP contribution in [-0.4, -0.2) is 18.0 Å². The van der Waals surface area contributed by atoms with Crippen molar-refractivity contribution in [3.63, 3.8) is 0 Å². The van der Waals surface area contributed by atoms with E-state index in [4.69, 9.17) is 9.47 Å². The second-order valence-electron chi connectivity index (χ2n) is 6.41. The zero-order valence-corrected chi connectivity index (χ0v) is 15.3. The van der Waals surface area contributed by atoms with E-state index in [1.54, 1.807) is 24.3 Å². The van der Waals surface area contributed by atoms with E-state index in [0.29, 0.717) is 12.0 Å². The summed E-state index contributed by atoms with van der Waals surface area (Å²) < 4.78 is 11.0. The van der Waals surface area contributed by atoms with Crippen LogP contribution in [0.2, 0.25) is 0 Å². The zero-order valence-electron chi connectivity index (χ0n) is 15.3. The van der Waals surface area contributed by atoms with Gasteiger partial charge in [-0.2, -0.15) is 0 Å². The second-order valence-corrected chi connectivity index (χ2v) is 6.41. The molecule has 2 aromatic carbocycles. The first kappa shape index (κ1) is 18.6. The predicted octanol–water partition coefficient (Wildman–Crippen LogP) is 4.64. The number of allylic oxidation sites excluding steroid dienone is 1.